The van der Waals surface area contributed by atoms with E-state index in [0.717, 1.165) is 37.9 Å². The lowest BCUT2D eigenvalue weighted by molar-refractivity contribution is 0.0736. The molecule has 0 bridgehead atoms. The van der Waals surface area contributed by atoms with Crippen LogP contribution >= 0.6 is 0 Å². The van der Waals surface area contributed by atoms with Crippen LogP contribution in [-0.4, -0.2) is 35.2 Å². The number of phenolic OH excluding ortho intramolecular Hbond substituents is 1. The Kier molecular flexibility index (Phi) is 5.44. The van der Waals surface area contributed by atoms with Gasteiger partial charge in [0.1, 0.15) is 5.75 Å². The van der Waals surface area contributed by atoms with Crippen LogP contribution in [0.3, 0.4) is 0 Å². The van der Waals surface area contributed by atoms with Gasteiger partial charge < -0.3 is 10.4 Å². The fourth-order valence-electron chi connectivity index (χ4n) is 3.32. The van der Waals surface area contributed by atoms with E-state index in [1.54, 1.807) is 6.07 Å². The summed E-state index contributed by atoms with van der Waals surface area (Å²) in [5.41, 5.74) is 1.07. The van der Waals surface area contributed by atoms with Crippen molar-refractivity contribution in [1.29, 1.82) is 0 Å². The maximum atomic E-state index is 10.2. The van der Waals surface area contributed by atoms with Gasteiger partial charge in [0, 0.05) is 36.8 Å². The summed E-state index contributed by atoms with van der Waals surface area (Å²) in [5.74, 6) is 0.431. The highest BCUT2D eigenvalue weighted by Gasteiger charge is 2.32. The van der Waals surface area contributed by atoms with Crippen LogP contribution in [0.2, 0.25) is 0 Å². The van der Waals surface area contributed by atoms with Gasteiger partial charge in [-0.3, -0.25) is 4.90 Å². The summed E-state index contributed by atoms with van der Waals surface area (Å²) in [4.78, 5) is 2.60. The molecule has 20 heavy (non-hydrogen) atoms. The third-order valence-electron chi connectivity index (χ3n) is 4.59. The maximum absolute atomic E-state index is 10.2. The number of nitrogens with zero attached hydrogens (tertiary/aromatic N) is 1. The molecule has 2 N–H and O–H groups in total. The number of piperazine rings is 1. The first-order chi connectivity index (χ1) is 9.71. The molecule has 3 unspecified atom stereocenters. The maximum Gasteiger partial charge on any atom is 0.120 e. The Bertz CT molecular complexity index is 421. The van der Waals surface area contributed by atoms with E-state index in [1.165, 1.54) is 0 Å². The molecule has 0 saturated carbocycles. The van der Waals surface area contributed by atoms with E-state index >= 15 is 0 Å². The summed E-state index contributed by atoms with van der Waals surface area (Å²) in [6.45, 7) is 8.83. The number of aromatic hydroxyl groups is 1. The van der Waals surface area contributed by atoms with E-state index in [0.29, 0.717) is 23.9 Å². The molecule has 0 aliphatic carbocycles. The first-order valence-electron chi connectivity index (χ1n) is 7.98. The Morgan fingerprint density at radius 3 is 2.60 bits per heavy atom. The molecule has 3 atom stereocenters. The molecule has 1 aromatic carbocycles. The minimum Gasteiger partial charge on any atom is -0.508 e. The van der Waals surface area contributed by atoms with E-state index in [1.807, 2.05) is 12.1 Å². The van der Waals surface area contributed by atoms with Gasteiger partial charge in [0.15, 0.2) is 0 Å². The Morgan fingerprint density at radius 2 is 2.00 bits per heavy atom. The number of rotatable bonds is 5. The van der Waals surface area contributed by atoms with Gasteiger partial charge in [-0.1, -0.05) is 39.0 Å². The lowest BCUT2D eigenvalue weighted by atomic mass is 9.95. The van der Waals surface area contributed by atoms with Crippen molar-refractivity contribution in [2.24, 2.45) is 0 Å². The Balaban J connectivity index is 2.25. The average Bonchev–Trinajstić information content (AvgIpc) is 2.49. The molecule has 1 saturated heterocycles. The zero-order valence-corrected chi connectivity index (χ0v) is 13.0. The van der Waals surface area contributed by atoms with Crippen molar-refractivity contribution in [2.45, 2.75) is 58.2 Å². The summed E-state index contributed by atoms with van der Waals surface area (Å²) in [6.07, 6.45) is 3.34. The number of benzene rings is 1. The monoisotopic (exact) mass is 276 g/mol. The highest BCUT2D eigenvalue weighted by Crippen LogP contribution is 2.34. The highest BCUT2D eigenvalue weighted by molar-refractivity contribution is 5.34. The molecule has 0 spiro atoms. The molecule has 1 aliphatic heterocycles. The van der Waals surface area contributed by atoms with Crippen LogP contribution in [-0.2, 0) is 0 Å². The third kappa shape index (κ3) is 3.15. The van der Waals surface area contributed by atoms with E-state index < -0.39 is 0 Å². The van der Waals surface area contributed by atoms with E-state index in [4.69, 9.17) is 0 Å². The summed E-state index contributed by atoms with van der Waals surface area (Å²) >= 11 is 0. The second kappa shape index (κ2) is 7.09. The van der Waals surface area contributed by atoms with E-state index in [2.05, 4.69) is 37.1 Å². The number of hydrogen-bond acceptors (Lipinski definition) is 3. The Labute approximate surface area is 123 Å². The molecule has 3 nitrogen and oxygen atoms in total. The second-order valence-corrected chi connectivity index (χ2v) is 5.76. The van der Waals surface area contributed by atoms with Crippen molar-refractivity contribution < 1.29 is 5.11 Å². The summed E-state index contributed by atoms with van der Waals surface area (Å²) in [6, 6.07) is 9.24. The molecule has 2 rings (SSSR count). The molecular weight excluding hydrogens is 248 g/mol. The Hall–Kier alpha value is -1.06. The van der Waals surface area contributed by atoms with Crippen molar-refractivity contribution in [3.8, 4) is 5.75 Å². The van der Waals surface area contributed by atoms with Gasteiger partial charge in [-0.25, -0.2) is 0 Å². The van der Waals surface area contributed by atoms with Crippen molar-refractivity contribution in [2.75, 3.05) is 13.1 Å². The minimum atomic E-state index is 0.317. The zero-order chi connectivity index (χ0) is 14.5. The average molecular weight is 276 g/mol. The SMILES string of the molecule is CCC1CN(C(CC)c2ccccc2O)C(CC)CN1. The normalized spacial score (nSPS) is 25.6. The van der Waals surface area contributed by atoms with Gasteiger partial charge in [0.2, 0.25) is 0 Å². The molecule has 0 radical (unpaired) electrons. The van der Waals surface area contributed by atoms with Crippen LogP contribution in [0.15, 0.2) is 24.3 Å². The minimum absolute atomic E-state index is 0.317. The number of para-hydroxylation sites is 1. The van der Waals surface area contributed by atoms with Crippen LogP contribution in [0.1, 0.15) is 51.6 Å². The molecule has 1 aliphatic rings. The van der Waals surface area contributed by atoms with Crippen LogP contribution in [0, 0.1) is 0 Å². The summed E-state index contributed by atoms with van der Waals surface area (Å²) in [5, 5.41) is 13.8. The number of phenols is 1. The standard InChI is InChI=1S/C17H28N2O/c1-4-13-12-19(14(5-2)11-18-13)16(6-3)15-9-7-8-10-17(15)20/h7-10,13-14,16,18,20H,4-6,11-12H2,1-3H3. The van der Waals surface area contributed by atoms with Gasteiger partial charge in [0.05, 0.1) is 0 Å². The van der Waals surface area contributed by atoms with Gasteiger partial charge in [-0.2, -0.15) is 0 Å². The van der Waals surface area contributed by atoms with Crippen molar-refractivity contribution >= 4 is 0 Å². The van der Waals surface area contributed by atoms with Crippen LogP contribution in [0.4, 0.5) is 0 Å². The van der Waals surface area contributed by atoms with Gasteiger partial charge in [-0.15, -0.1) is 0 Å². The summed E-state index contributed by atoms with van der Waals surface area (Å²) < 4.78 is 0. The fourth-order valence-corrected chi connectivity index (χ4v) is 3.32. The van der Waals surface area contributed by atoms with Gasteiger partial charge in [0.25, 0.3) is 0 Å². The molecule has 0 aromatic heterocycles. The smallest absolute Gasteiger partial charge is 0.120 e. The van der Waals surface area contributed by atoms with Gasteiger partial charge in [-0.05, 0) is 25.3 Å². The first-order valence-corrected chi connectivity index (χ1v) is 7.98. The molecule has 3 heteroatoms. The van der Waals surface area contributed by atoms with E-state index in [9.17, 15) is 5.11 Å². The van der Waals surface area contributed by atoms with Crippen LogP contribution in [0.5, 0.6) is 5.75 Å². The van der Waals surface area contributed by atoms with Crippen LogP contribution < -0.4 is 5.32 Å². The van der Waals surface area contributed by atoms with E-state index in [-0.39, 0.29) is 0 Å². The predicted octanol–water partition coefficient (Wildman–Crippen LogP) is 3.31. The molecular formula is C17H28N2O. The topological polar surface area (TPSA) is 35.5 Å². The zero-order valence-electron chi connectivity index (χ0n) is 13.0. The van der Waals surface area contributed by atoms with Crippen molar-refractivity contribution in [1.82, 2.24) is 10.2 Å². The van der Waals surface area contributed by atoms with Crippen molar-refractivity contribution in [3.63, 3.8) is 0 Å². The molecule has 0 amide bonds. The predicted molar refractivity (Wildman–Crippen MR) is 84.0 cm³/mol. The molecule has 1 heterocycles. The van der Waals surface area contributed by atoms with Crippen molar-refractivity contribution in [3.05, 3.63) is 29.8 Å². The molecule has 1 fully saturated rings. The number of hydrogen-bond donors (Lipinski definition) is 2. The lowest BCUT2D eigenvalue weighted by Crippen LogP contribution is -2.56. The summed E-state index contributed by atoms with van der Waals surface area (Å²) in [7, 11) is 0. The van der Waals surface area contributed by atoms with Crippen LogP contribution in [0.25, 0.3) is 0 Å². The van der Waals surface area contributed by atoms with Gasteiger partial charge >= 0.3 is 0 Å². The molecule has 112 valence electrons. The fraction of sp³-hybridized carbons (Fsp3) is 0.647. The third-order valence-corrected chi connectivity index (χ3v) is 4.59. The lowest BCUT2D eigenvalue weighted by Gasteiger charge is -2.44. The number of nitrogens with one attached hydrogen (secondary N) is 1. The quantitative estimate of drug-likeness (QED) is 0.866. The Morgan fingerprint density at radius 1 is 1.25 bits per heavy atom. The largest absolute Gasteiger partial charge is 0.508 e. The highest BCUT2D eigenvalue weighted by atomic mass is 16.3. The first kappa shape index (κ1) is 15.3. The molecule has 1 aromatic rings. The second-order valence-electron chi connectivity index (χ2n) is 5.76.